The van der Waals surface area contributed by atoms with Crippen LogP contribution in [0.4, 0.5) is 0 Å². The number of amides is 1. The molecular weight excluding hydrogens is 242 g/mol. The third-order valence-corrected chi connectivity index (χ3v) is 3.85. The predicted octanol–water partition coefficient (Wildman–Crippen LogP) is 1.98. The Balaban J connectivity index is 1.91. The van der Waals surface area contributed by atoms with Gasteiger partial charge in [0.1, 0.15) is 5.75 Å². The molecule has 1 aliphatic carbocycles. The Bertz CT molecular complexity index is 459. The van der Waals surface area contributed by atoms with Crippen molar-refractivity contribution in [1.29, 1.82) is 0 Å². The Morgan fingerprint density at radius 1 is 1.37 bits per heavy atom. The number of hydrogen-bond donors (Lipinski definition) is 3. The molecule has 1 aliphatic rings. The third kappa shape index (κ3) is 3.47. The minimum atomic E-state index is -0.296. The van der Waals surface area contributed by atoms with Gasteiger partial charge in [-0.25, -0.2) is 0 Å². The van der Waals surface area contributed by atoms with E-state index in [0.29, 0.717) is 17.7 Å². The fourth-order valence-corrected chi connectivity index (χ4v) is 2.55. The van der Waals surface area contributed by atoms with Gasteiger partial charge in [-0.2, -0.15) is 0 Å². The first kappa shape index (κ1) is 13.9. The van der Waals surface area contributed by atoms with E-state index in [4.69, 9.17) is 0 Å². The number of benzene rings is 1. The maximum atomic E-state index is 12.0. The SMILES string of the molecule is Cc1cc(C(=O)NCC2CCCCC2O)ccc1O. The summed E-state index contributed by atoms with van der Waals surface area (Å²) in [6.45, 7) is 2.27. The van der Waals surface area contributed by atoms with E-state index in [-0.39, 0.29) is 23.7 Å². The van der Waals surface area contributed by atoms with Crippen molar-refractivity contribution in [3.05, 3.63) is 29.3 Å². The van der Waals surface area contributed by atoms with Gasteiger partial charge in [0.2, 0.25) is 0 Å². The first-order chi connectivity index (χ1) is 9.08. The molecule has 0 spiro atoms. The normalized spacial score (nSPS) is 23.1. The van der Waals surface area contributed by atoms with Crippen molar-refractivity contribution < 1.29 is 15.0 Å². The molecule has 0 saturated heterocycles. The lowest BCUT2D eigenvalue weighted by Crippen LogP contribution is -2.36. The van der Waals surface area contributed by atoms with Crippen LogP contribution in [0.1, 0.15) is 41.6 Å². The van der Waals surface area contributed by atoms with Gasteiger partial charge in [0.15, 0.2) is 0 Å². The lowest BCUT2D eigenvalue weighted by Gasteiger charge is -2.27. The van der Waals surface area contributed by atoms with Gasteiger partial charge in [0.25, 0.3) is 5.91 Å². The van der Waals surface area contributed by atoms with Crippen LogP contribution in [0.2, 0.25) is 0 Å². The first-order valence-corrected chi connectivity index (χ1v) is 6.84. The van der Waals surface area contributed by atoms with Gasteiger partial charge in [-0.3, -0.25) is 4.79 Å². The summed E-state index contributed by atoms with van der Waals surface area (Å²) >= 11 is 0. The summed E-state index contributed by atoms with van der Waals surface area (Å²) in [5, 5.41) is 22.1. The van der Waals surface area contributed by atoms with Gasteiger partial charge in [0, 0.05) is 18.0 Å². The maximum absolute atomic E-state index is 12.0. The summed E-state index contributed by atoms with van der Waals surface area (Å²) in [6.07, 6.45) is 3.70. The van der Waals surface area contributed by atoms with E-state index in [1.807, 2.05) is 0 Å². The smallest absolute Gasteiger partial charge is 0.251 e. The van der Waals surface area contributed by atoms with Crippen molar-refractivity contribution in [3.8, 4) is 5.75 Å². The highest BCUT2D eigenvalue weighted by Gasteiger charge is 2.23. The highest BCUT2D eigenvalue weighted by atomic mass is 16.3. The van der Waals surface area contributed by atoms with Crippen LogP contribution in [0, 0.1) is 12.8 Å². The van der Waals surface area contributed by atoms with Crippen molar-refractivity contribution in [1.82, 2.24) is 5.32 Å². The van der Waals surface area contributed by atoms with E-state index in [1.165, 1.54) is 6.07 Å². The molecular formula is C15H21NO3. The highest BCUT2D eigenvalue weighted by Crippen LogP contribution is 2.23. The molecule has 1 fully saturated rings. The van der Waals surface area contributed by atoms with Gasteiger partial charge in [-0.15, -0.1) is 0 Å². The van der Waals surface area contributed by atoms with Crippen LogP contribution in [0.5, 0.6) is 5.75 Å². The zero-order valence-corrected chi connectivity index (χ0v) is 11.2. The number of rotatable bonds is 3. The molecule has 0 bridgehead atoms. The summed E-state index contributed by atoms with van der Waals surface area (Å²) in [4.78, 5) is 12.0. The van der Waals surface area contributed by atoms with Crippen molar-refractivity contribution >= 4 is 5.91 Å². The number of carbonyl (C=O) groups excluding carboxylic acids is 1. The first-order valence-electron chi connectivity index (χ1n) is 6.84. The van der Waals surface area contributed by atoms with E-state index in [0.717, 1.165) is 25.7 Å². The van der Waals surface area contributed by atoms with Crippen LogP contribution in [0.3, 0.4) is 0 Å². The van der Waals surface area contributed by atoms with E-state index in [2.05, 4.69) is 5.32 Å². The minimum absolute atomic E-state index is 0.152. The van der Waals surface area contributed by atoms with Gasteiger partial charge in [-0.05, 0) is 43.5 Å². The molecule has 2 unspecified atom stereocenters. The summed E-state index contributed by atoms with van der Waals surface area (Å²) in [5.74, 6) is 0.205. The van der Waals surface area contributed by atoms with Gasteiger partial charge >= 0.3 is 0 Å². The molecule has 3 N–H and O–H groups in total. The fourth-order valence-electron chi connectivity index (χ4n) is 2.55. The number of phenolic OH excluding ortho intramolecular Hbond substituents is 1. The largest absolute Gasteiger partial charge is 0.508 e. The molecule has 1 aromatic carbocycles. The number of phenols is 1. The number of carbonyl (C=O) groups is 1. The Morgan fingerprint density at radius 2 is 2.11 bits per heavy atom. The molecule has 19 heavy (non-hydrogen) atoms. The molecule has 4 heteroatoms. The lowest BCUT2D eigenvalue weighted by atomic mass is 9.86. The second kappa shape index (κ2) is 6.06. The van der Waals surface area contributed by atoms with Gasteiger partial charge in [0.05, 0.1) is 6.10 Å². The van der Waals surface area contributed by atoms with Crippen molar-refractivity contribution in [2.45, 2.75) is 38.7 Å². The topological polar surface area (TPSA) is 69.6 Å². The molecule has 4 nitrogen and oxygen atoms in total. The fraction of sp³-hybridized carbons (Fsp3) is 0.533. The zero-order chi connectivity index (χ0) is 13.8. The van der Waals surface area contributed by atoms with E-state index >= 15 is 0 Å². The van der Waals surface area contributed by atoms with Crippen LogP contribution in [0.25, 0.3) is 0 Å². The van der Waals surface area contributed by atoms with Crippen LogP contribution in [-0.4, -0.2) is 28.8 Å². The maximum Gasteiger partial charge on any atom is 0.251 e. The van der Waals surface area contributed by atoms with Crippen LogP contribution in [-0.2, 0) is 0 Å². The van der Waals surface area contributed by atoms with Crippen molar-refractivity contribution in [2.75, 3.05) is 6.54 Å². The average molecular weight is 263 g/mol. The molecule has 0 aliphatic heterocycles. The second-order valence-electron chi connectivity index (χ2n) is 5.32. The van der Waals surface area contributed by atoms with Gasteiger partial charge < -0.3 is 15.5 Å². The molecule has 1 amide bonds. The van der Waals surface area contributed by atoms with Crippen molar-refractivity contribution in [3.63, 3.8) is 0 Å². The number of nitrogens with one attached hydrogen (secondary N) is 1. The van der Waals surface area contributed by atoms with E-state index in [1.54, 1.807) is 19.1 Å². The van der Waals surface area contributed by atoms with Crippen molar-refractivity contribution in [2.24, 2.45) is 5.92 Å². The molecule has 1 aromatic rings. The number of hydrogen-bond acceptors (Lipinski definition) is 3. The summed E-state index contributed by atoms with van der Waals surface area (Å²) < 4.78 is 0. The summed E-state index contributed by atoms with van der Waals surface area (Å²) in [5.41, 5.74) is 1.23. The Morgan fingerprint density at radius 3 is 2.79 bits per heavy atom. The number of aryl methyl sites for hydroxylation is 1. The molecule has 104 valence electrons. The molecule has 0 radical (unpaired) electrons. The lowest BCUT2D eigenvalue weighted by molar-refractivity contribution is 0.0663. The van der Waals surface area contributed by atoms with Crippen LogP contribution in [0.15, 0.2) is 18.2 Å². The third-order valence-electron chi connectivity index (χ3n) is 3.85. The second-order valence-corrected chi connectivity index (χ2v) is 5.32. The molecule has 2 atom stereocenters. The van der Waals surface area contributed by atoms with E-state index < -0.39 is 0 Å². The minimum Gasteiger partial charge on any atom is -0.508 e. The Labute approximate surface area is 113 Å². The molecule has 0 aromatic heterocycles. The highest BCUT2D eigenvalue weighted by molar-refractivity contribution is 5.94. The quantitative estimate of drug-likeness (QED) is 0.781. The summed E-state index contributed by atoms with van der Waals surface area (Å²) in [6, 6.07) is 4.80. The zero-order valence-electron chi connectivity index (χ0n) is 11.2. The van der Waals surface area contributed by atoms with Gasteiger partial charge in [-0.1, -0.05) is 12.8 Å². The summed E-state index contributed by atoms with van der Waals surface area (Å²) in [7, 11) is 0. The number of aliphatic hydroxyl groups is 1. The molecule has 2 rings (SSSR count). The van der Waals surface area contributed by atoms with Crippen LogP contribution < -0.4 is 5.32 Å². The standard InChI is InChI=1S/C15H21NO3/c1-10-8-11(6-7-13(10)17)15(19)16-9-12-4-2-3-5-14(12)18/h6-8,12,14,17-18H,2-5,9H2,1H3,(H,16,19). The Kier molecular flexibility index (Phi) is 4.43. The number of aliphatic hydroxyl groups excluding tert-OH is 1. The predicted molar refractivity (Wildman–Crippen MR) is 73.1 cm³/mol. The van der Waals surface area contributed by atoms with E-state index in [9.17, 15) is 15.0 Å². The monoisotopic (exact) mass is 263 g/mol. The average Bonchev–Trinajstić information content (AvgIpc) is 2.40. The molecule has 1 saturated carbocycles. The molecule has 0 heterocycles. The Hall–Kier alpha value is -1.55. The van der Waals surface area contributed by atoms with Crippen LogP contribution >= 0.6 is 0 Å². The number of aromatic hydroxyl groups is 1.